The molecule has 2 aliphatic rings. The van der Waals surface area contributed by atoms with Gasteiger partial charge in [0.1, 0.15) is 23.9 Å². The number of hydrogen-bond donors (Lipinski definition) is 1. The molecular weight excluding hydrogens is 308 g/mol. The fraction of sp³-hybridized carbons (Fsp3) is 0.333. The number of pyridine rings is 1. The van der Waals surface area contributed by atoms with Gasteiger partial charge in [0.2, 0.25) is 0 Å². The first-order valence-electron chi connectivity index (χ1n) is 7.87. The zero-order chi connectivity index (χ0) is 16.6. The third-order valence-corrected chi connectivity index (χ3v) is 4.58. The highest BCUT2D eigenvalue weighted by Gasteiger charge is 2.49. The minimum Gasteiger partial charge on any atom is -0.507 e. The van der Waals surface area contributed by atoms with E-state index in [1.165, 1.54) is 6.07 Å². The van der Waals surface area contributed by atoms with Gasteiger partial charge in [-0.25, -0.2) is 4.98 Å². The molecule has 0 atom stereocenters. The summed E-state index contributed by atoms with van der Waals surface area (Å²) in [7, 11) is 0. The monoisotopic (exact) mass is 326 g/mol. The molecule has 1 aromatic carbocycles. The molecule has 1 aromatic heterocycles. The van der Waals surface area contributed by atoms with Crippen molar-refractivity contribution < 1.29 is 19.4 Å². The summed E-state index contributed by atoms with van der Waals surface area (Å²) >= 11 is 0. The van der Waals surface area contributed by atoms with E-state index in [0.29, 0.717) is 17.5 Å². The molecule has 2 aliphatic heterocycles. The lowest BCUT2D eigenvalue weighted by Gasteiger charge is -2.55. The predicted molar refractivity (Wildman–Crippen MR) is 87.5 cm³/mol. The van der Waals surface area contributed by atoms with Crippen LogP contribution in [0.5, 0.6) is 11.5 Å². The molecule has 0 aliphatic carbocycles. The van der Waals surface area contributed by atoms with Crippen molar-refractivity contribution in [2.24, 2.45) is 5.41 Å². The number of phenolic OH excluding ortho intramolecular Hbond substituents is 1. The summed E-state index contributed by atoms with van der Waals surface area (Å²) in [6, 6.07) is 8.62. The van der Waals surface area contributed by atoms with Gasteiger partial charge in [0.15, 0.2) is 6.29 Å². The zero-order valence-corrected chi connectivity index (χ0v) is 13.1. The number of carbonyl (C=O) groups is 1. The first kappa shape index (κ1) is 15.0. The average Bonchev–Trinajstić information content (AvgIpc) is 2.51. The fourth-order valence-corrected chi connectivity index (χ4v) is 3.25. The number of nitrogens with zero attached hydrogens (tertiary/aromatic N) is 2. The van der Waals surface area contributed by atoms with E-state index in [9.17, 15) is 9.90 Å². The fourth-order valence-electron chi connectivity index (χ4n) is 3.25. The van der Waals surface area contributed by atoms with Crippen molar-refractivity contribution in [1.29, 1.82) is 0 Å². The first-order chi connectivity index (χ1) is 11.7. The number of carbonyl (C=O) groups excluding carboxylic acids is 1. The van der Waals surface area contributed by atoms with E-state index in [1.807, 2.05) is 12.1 Å². The summed E-state index contributed by atoms with van der Waals surface area (Å²) in [6.07, 6.45) is 2.37. The van der Waals surface area contributed by atoms with Crippen molar-refractivity contribution >= 4 is 12.1 Å². The molecule has 0 bridgehead atoms. The van der Waals surface area contributed by atoms with Crippen LogP contribution in [0.25, 0.3) is 0 Å². The van der Waals surface area contributed by atoms with Crippen LogP contribution in [0.2, 0.25) is 0 Å². The average molecular weight is 326 g/mol. The Morgan fingerprint density at radius 1 is 1.29 bits per heavy atom. The van der Waals surface area contributed by atoms with E-state index in [-0.39, 0.29) is 17.9 Å². The van der Waals surface area contributed by atoms with Crippen LogP contribution in [0.4, 0.5) is 5.82 Å². The molecule has 0 radical (unpaired) electrons. The highest BCUT2D eigenvalue weighted by atomic mass is 16.5. The molecule has 1 N–H and O–H groups in total. The van der Waals surface area contributed by atoms with Gasteiger partial charge in [-0.15, -0.1) is 0 Å². The highest BCUT2D eigenvalue weighted by molar-refractivity contribution is 5.83. The molecule has 2 aromatic rings. The van der Waals surface area contributed by atoms with Gasteiger partial charge in [0.25, 0.3) is 0 Å². The van der Waals surface area contributed by atoms with Crippen LogP contribution < -0.4 is 9.64 Å². The largest absolute Gasteiger partial charge is 0.507 e. The smallest absolute Gasteiger partial charge is 0.157 e. The molecule has 124 valence electrons. The molecule has 6 heteroatoms. The Balaban J connectivity index is 1.50. The quantitative estimate of drug-likeness (QED) is 0.848. The predicted octanol–water partition coefficient (Wildman–Crippen LogP) is 2.02. The number of rotatable bonds is 5. The lowest BCUT2D eigenvalue weighted by Crippen LogP contribution is -2.66. The lowest BCUT2D eigenvalue weighted by molar-refractivity contribution is -0.127. The van der Waals surface area contributed by atoms with Crippen molar-refractivity contribution in [3.8, 4) is 11.5 Å². The van der Waals surface area contributed by atoms with E-state index in [2.05, 4.69) is 9.88 Å². The van der Waals surface area contributed by atoms with Crippen molar-refractivity contribution in [3.63, 3.8) is 0 Å². The van der Waals surface area contributed by atoms with Crippen molar-refractivity contribution in [2.45, 2.75) is 6.61 Å². The summed E-state index contributed by atoms with van der Waals surface area (Å²) in [5, 5.41) is 9.73. The molecule has 0 unspecified atom stereocenters. The van der Waals surface area contributed by atoms with E-state index < -0.39 is 0 Å². The maximum absolute atomic E-state index is 11.1. The number of benzene rings is 1. The van der Waals surface area contributed by atoms with Gasteiger partial charge in [-0.1, -0.05) is 12.1 Å². The molecule has 4 rings (SSSR count). The molecule has 2 fully saturated rings. The van der Waals surface area contributed by atoms with E-state index >= 15 is 0 Å². The first-order valence-corrected chi connectivity index (χ1v) is 7.87. The standard InChI is InChI=1S/C18H18N2O4/c21-7-14-15(22)4-1-5-16(14)24-8-13-3-2-6-19-17(13)20-9-18(10-20)11-23-12-18/h1-7,22H,8-12H2. The van der Waals surface area contributed by atoms with Gasteiger partial charge >= 0.3 is 0 Å². The second-order valence-electron chi connectivity index (χ2n) is 6.43. The maximum atomic E-state index is 11.1. The van der Waals surface area contributed by atoms with Gasteiger partial charge in [0, 0.05) is 24.8 Å². The molecule has 2 saturated heterocycles. The SMILES string of the molecule is O=Cc1c(O)cccc1OCc1cccnc1N1CC2(COC2)C1. The lowest BCUT2D eigenvalue weighted by atomic mass is 9.78. The minimum absolute atomic E-state index is 0.0800. The number of phenols is 1. The van der Waals surface area contributed by atoms with Gasteiger partial charge in [0.05, 0.1) is 24.2 Å². The van der Waals surface area contributed by atoms with Crippen LogP contribution in [-0.2, 0) is 11.3 Å². The summed E-state index contributed by atoms with van der Waals surface area (Å²) in [5.41, 5.74) is 1.43. The van der Waals surface area contributed by atoms with Gasteiger partial charge in [-0.2, -0.15) is 0 Å². The van der Waals surface area contributed by atoms with Crippen LogP contribution in [0.15, 0.2) is 36.5 Å². The number of aromatic hydroxyl groups is 1. The number of hydrogen-bond acceptors (Lipinski definition) is 6. The van der Waals surface area contributed by atoms with Crippen LogP contribution >= 0.6 is 0 Å². The van der Waals surface area contributed by atoms with Crippen molar-refractivity contribution in [3.05, 3.63) is 47.7 Å². The second-order valence-corrected chi connectivity index (χ2v) is 6.43. The van der Waals surface area contributed by atoms with E-state index in [4.69, 9.17) is 9.47 Å². The number of anilines is 1. The van der Waals surface area contributed by atoms with Crippen LogP contribution in [0.1, 0.15) is 15.9 Å². The van der Waals surface area contributed by atoms with E-state index in [1.54, 1.807) is 18.3 Å². The number of aldehydes is 1. The molecule has 24 heavy (non-hydrogen) atoms. The number of aromatic nitrogens is 1. The topological polar surface area (TPSA) is 71.9 Å². The van der Waals surface area contributed by atoms with Crippen LogP contribution in [0, 0.1) is 5.41 Å². The second kappa shape index (κ2) is 5.79. The molecular formula is C18H18N2O4. The van der Waals surface area contributed by atoms with Crippen molar-refractivity contribution in [1.82, 2.24) is 4.98 Å². The van der Waals surface area contributed by atoms with Gasteiger partial charge in [-0.3, -0.25) is 4.79 Å². The van der Waals surface area contributed by atoms with Gasteiger partial charge in [-0.05, 0) is 18.2 Å². The zero-order valence-electron chi connectivity index (χ0n) is 13.1. The third kappa shape index (κ3) is 2.49. The summed E-state index contributed by atoms with van der Waals surface area (Å²) < 4.78 is 11.1. The molecule has 0 saturated carbocycles. The molecule has 6 nitrogen and oxygen atoms in total. The Morgan fingerprint density at radius 3 is 2.83 bits per heavy atom. The van der Waals surface area contributed by atoms with Crippen molar-refractivity contribution in [2.75, 3.05) is 31.2 Å². The summed E-state index contributed by atoms with van der Waals surface area (Å²) in [6.45, 7) is 3.83. The third-order valence-electron chi connectivity index (χ3n) is 4.58. The maximum Gasteiger partial charge on any atom is 0.157 e. The summed E-state index contributed by atoms with van der Waals surface area (Å²) in [5.74, 6) is 1.19. The van der Waals surface area contributed by atoms with Gasteiger partial charge < -0.3 is 19.5 Å². The molecule has 1 spiro atoms. The summed E-state index contributed by atoms with van der Waals surface area (Å²) in [4.78, 5) is 17.8. The van der Waals surface area contributed by atoms with Crippen LogP contribution in [0.3, 0.4) is 0 Å². The molecule has 3 heterocycles. The minimum atomic E-state index is -0.0800. The van der Waals surface area contributed by atoms with Crippen LogP contribution in [-0.4, -0.2) is 42.7 Å². The molecule has 0 amide bonds. The van der Waals surface area contributed by atoms with E-state index in [0.717, 1.165) is 37.7 Å². The Bertz CT molecular complexity index is 765. The number of ether oxygens (including phenoxy) is 2. The Hall–Kier alpha value is -2.60. The highest BCUT2D eigenvalue weighted by Crippen LogP contribution is 2.40. The normalized spacial score (nSPS) is 17.9. The Kier molecular flexibility index (Phi) is 3.61. The Morgan fingerprint density at radius 2 is 2.12 bits per heavy atom. The Labute approximate surface area is 139 Å².